The summed E-state index contributed by atoms with van der Waals surface area (Å²) in [5.41, 5.74) is 3.21. The molecule has 8 nitrogen and oxygen atoms in total. The lowest BCUT2D eigenvalue weighted by Crippen LogP contribution is -2.14. The lowest BCUT2D eigenvalue weighted by molar-refractivity contribution is 0.102. The van der Waals surface area contributed by atoms with Gasteiger partial charge in [-0.1, -0.05) is 6.07 Å². The molecule has 0 bridgehead atoms. The van der Waals surface area contributed by atoms with Crippen LogP contribution in [0.4, 0.5) is 14.5 Å². The number of anilines is 1. The standard InChI is InChI=1S/C27H21F2N5O3/c1-15-16(2)31-25-11-12-30-34(25)27(15)37-24-10-8-18(14-20(24)29)32-26(35)22-6-4-5-21(33-22)17-7-9-23(36-3)19(28)13-17/h4-14H,1-3H3,(H,32,35). The first-order chi connectivity index (χ1) is 17.8. The minimum absolute atomic E-state index is 0.0369. The smallest absolute Gasteiger partial charge is 0.274 e. The molecule has 2 aromatic carbocycles. The fourth-order valence-electron chi connectivity index (χ4n) is 3.73. The van der Waals surface area contributed by atoms with E-state index in [0.29, 0.717) is 22.8 Å². The number of aromatic nitrogens is 4. The summed E-state index contributed by atoms with van der Waals surface area (Å²) in [6.07, 6.45) is 1.58. The van der Waals surface area contributed by atoms with Gasteiger partial charge in [-0.15, -0.1) is 0 Å². The number of nitrogens with one attached hydrogen (secondary N) is 1. The number of rotatable bonds is 6. The molecule has 0 fully saturated rings. The van der Waals surface area contributed by atoms with E-state index in [2.05, 4.69) is 20.4 Å². The Kier molecular flexibility index (Phi) is 6.22. The van der Waals surface area contributed by atoms with E-state index in [1.54, 1.807) is 30.5 Å². The molecule has 10 heteroatoms. The average Bonchev–Trinajstić information content (AvgIpc) is 3.36. The summed E-state index contributed by atoms with van der Waals surface area (Å²) in [6.45, 7) is 3.64. The zero-order chi connectivity index (χ0) is 26.1. The molecule has 0 aliphatic rings. The highest BCUT2D eigenvalue weighted by Gasteiger charge is 2.16. The molecular weight excluding hydrogens is 480 g/mol. The van der Waals surface area contributed by atoms with E-state index >= 15 is 0 Å². The Morgan fingerprint density at radius 3 is 2.49 bits per heavy atom. The number of hydrogen-bond acceptors (Lipinski definition) is 6. The van der Waals surface area contributed by atoms with Crippen molar-refractivity contribution in [2.75, 3.05) is 12.4 Å². The number of benzene rings is 2. The molecular formula is C27H21F2N5O3. The van der Waals surface area contributed by atoms with Crippen molar-refractivity contribution in [2.24, 2.45) is 0 Å². The molecule has 1 N–H and O–H groups in total. The normalized spacial score (nSPS) is 10.9. The van der Waals surface area contributed by atoms with Crippen LogP contribution < -0.4 is 14.8 Å². The fraction of sp³-hybridized carbons (Fsp3) is 0.111. The second kappa shape index (κ2) is 9.65. The SMILES string of the molecule is COc1ccc(-c2cccc(C(=O)Nc3ccc(Oc4c(C)c(C)nc5ccnn45)c(F)c3)n2)cc1F. The number of hydrogen-bond donors (Lipinski definition) is 1. The van der Waals surface area contributed by atoms with Crippen molar-refractivity contribution in [3.05, 3.63) is 95.4 Å². The minimum Gasteiger partial charge on any atom is -0.494 e. The molecule has 0 atom stereocenters. The van der Waals surface area contributed by atoms with E-state index in [9.17, 15) is 13.6 Å². The molecule has 0 unspecified atom stereocenters. The maximum Gasteiger partial charge on any atom is 0.274 e. The van der Waals surface area contributed by atoms with Gasteiger partial charge in [0.05, 0.1) is 19.0 Å². The van der Waals surface area contributed by atoms with E-state index in [4.69, 9.17) is 9.47 Å². The van der Waals surface area contributed by atoms with Crippen LogP contribution in [0.1, 0.15) is 21.7 Å². The van der Waals surface area contributed by atoms with Crippen LogP contribution in [0.25, 0.3) is 16.9 Å². The number of ether oxygens (including phenoxy) is 2. The predicted octanol–water partition coefficient (Wildman–Crippen LogP) is 5.74. The quantitative estimate of drug-likeness (QED) is 0.319. The van der Waals surface area contributed by atoms with Crippen LogP contribution in [0.2, 0.25) is 0 Å². The molecule has 0 saturated carbocycles. The molecule has 1 amide bonds. The van der Waals surface area contributed by atoms with Crippen molar-refractivity contribution in [3.8, 4) is 28.6 Å². The van der Waals surface area contributed by atoms with Crippen molar-refractivity contribution in [2.45, 2.75) is 13.8 Å². The van der Waals surface area contributed by atoms with E-state index in [1.807, 2.05) is 13.8 Å². The Bertz CT molecular complexity index is 1650. The third-order valence-electron chi connectivity index (χ3n) is 5.79. The first kappa shape index (κ1) is 23.9. The van der Waals surface area contributed by atoms with Crippen LogP contribution in [0.15, 0.2) is 66.9 Å². The molecule has 3 aromatic heterocycles. The molecule has 3 heterocycles. The van der Waals surface area contributed by atoms with Gasteiger partial charge in [0.15, 0.2) is 28.8 Å². The number of amides is 1. The number of pyridine rings is 1. The Morgan fingerprint density at radius 1 is 0.946 bits per heavy atom. The first-order valence-electron chi connectivity index (χ1n) is 11.2. The van der Waals surface area contributed by atoms with Crippen LogP contribution in [0.3, 0.4) is 0 Å². The second-order valence-corrected chi connectivity index (χ2v) is 8.19. The van der Waals surface area contributed by atoms with Gasteiger partial charge in [0.2, 0.25) is 5.88 Å². The Balaban J connectivity index is 1.35. The largest absolute Gasteiger partial charge is 0.494 e. The maximum atomic E-state index is 14.9. The molecule has 0 spiro atoms. The number of aryl methyl sites for hydroxylation is 1. The van der Waals surface area contributed by atoms with Crippen molar-refractivity contribution >= 4 is 17.2 Å². The Morgan fingerprint density at radius 2 is 1.73 bits per heavy atom. The lowest BCUT2D eigenvalue weighted by atomic mass is 10.1. The molecule has 0 radical (unpaired) electrons. The fourth-order valence-corrected chi connectivity index (χ4v) is 3.73. The van der Waals surface area contributed by atoms with Crippen LogP contribution in [-0.4, -0.2) is 32.6 Å². The van der Waals surface area contributed by atoms with E-state index < -0.39 is 17.5 Å². The summed E-state index contributed by atoms with van der Waals surface area (Å²) in [6, 6.07) is 15.0. The first-order valence-corrected chi connectivity index (χ1v) is 11.2. The monoisotopic (exact) mass is 501 g/mol. The number of fused-ring (bicyclic) bond motifs is 1. The number of carbonyl (C=O) groups is 1. The number of methoxy groups -OCH3 is 1. The maximum absolute atomic E-state index is 14.9. The van der Waals surface area contributed by atoms with E-state index in [1.165, 1.54) is 42.0 Å². The Hall–Kier alpha value is -4.86. The molecule has 0 aliphatic carbocycles. The summed E-state index contributed by atoms with van der Waals surface area (Å²) in [5.74, 6) is -1.36. The van der Waals surface area contributed by atoms with Gasteiger partial charge in [0.1, 0.15) is 5.69 Å². The highest BCUT2D eigenvalue weighted by atomic mass is 19.1. The molecule has 0 aliphatic heterocycles. The van der Waals surface area contributed by atoms with Gasteiger partial charge in [0, 0.05) is 34.6 Å². The molecule has 186 valence electrons. The number of halogens is 2. The van der Waals surface area contributed by atoms with Crippen molar-refractivity contribution in [1.29, 1.82) is 0 Å². The van der Waals surface area contributed by atoms with Gasteiger partial charge in [-0.25, -0.2) is 18.7 Å². The summed E-state index contributed by atoms with van der Waals surface area (Å²) < 4.78 is 41.3. The molecule has 0 saturated heterocycles. The summed E-state index contributed by atoms with van der Waals surface area (Å²) in [4.78, 5) is 21.6. The number of nitrogens with zero attached hydrogens (tertiary/aromatic N) is 4. The number of carbonyl (C=O) groups excluding carboxylic acids is 1. The van der Waals surface area contributed by atoms with Crippen molar-refractivity contribution in [3.63, 3.8) is 0 Å². The second-order valence-electron chi connectivity index (χ2n) is 8.19. The lowest BCUT2D eigenvalue weighted by Gasteiger charge is -2.13. The summed E-state index contributed by atoms with van der Waals surface area (Å²) >= 11 is 0. The van der Waals surface area contributed by atoms with Crippen LogP contribution in [0, 0.1) is 25.5 Å². The van der Waals surface area contributed by atoms with Crippen molar-refractivity contribution in [1.82, 2.24) is 19.6 Å². The van der Waals surface area contributed by atoms with E-state index in [0.717, 1.165) is 17.3 Å². The predicted molar refractivity (Wildman–Crippen MR) is 133 cm³/mol. The Labute approximate surface area is 210 Å². The zero-order valence-corrected chi connectivity index (χ0v) is 20.1. The molecule has 5 rings (SSSR count). The third kappa shape index (κ3) is 4.68. The van der Waals surface area contributed by atoms with Crippen LogP contribution in [-0.2, 0) is 0 Å². The van der Waals surface area contributed by atoms with Gasteiger partial charge >= 0.3 is 0 Å². The zero-order valence-electron chi connectivity index (χ0n) is 20.1. The van der Waals surface area contributed by atoms with Crippen molar-refractivity contribution < 1.29 is 23.0 Å². The van der Waals surface area contributed by atoms with Gasteiger partial charge in [-0.05, 0) is 56.3 Å². The molecule has 5 aromatic rings. The molecule has 37 heavy (non-hydrogen) atoms. The van der Waals surface area contributed by atoms with E-state index in [-0.39, 0.29) is 22.9 Å². The average molecular weight is 501 g/mol. The van der Waals surface area contributed by atoms with Crippen LogP contribution >= 0.6 is 0 Å². The highest BCUT2D eigenvalue weighted by Crippen LogP contribution is 2.30. The van der Waals surface area contributed by atoms with Gasteiger partial charge in [0.25, 0.3) is 5.91 Å². The topological polar surface area (TPSA) is 90.6 Å². The minimum atomic E-state index is -0.678. The van der Waals surface area contributed by atoms with Gasteiger partial charge in [-0.2, -0.15) is 9.61 Å². The highest BCUT2D eigenvalue weighted by molar-refractivity contribution is 6.03. The van der Waals surface area contributed by atoms with Crippen LogP contribution in [0.5, 0.6) is 17.4 Å². The summed E-state index contributed by atoms with van der Waals surface area (Å²) in [5, 5.41) is 6.82. The van der Waals surface area contributed by atoms with Gasteiger partial charge in [-0.3, -0.25) is 4.79 Å². The third-order valence-corrected chi connectivity index (χ3v) is 5.79. The van der Waals surface area contributed by atoms with Gasteiger partial charge < -0.3 is 14.8 Å². The summed E-state index contributed by atoms with van der Waals surface area (Å²) in [7, 11) is 1.38.